The van der Waals surface area contributed by atoms with Gasteiger partial charge >= 0.3 is 0 Å². The fourth-order valence-corrected chi connectivity index (χ4v) is 2.91. The van der Waals surface area contributed by atoms with Crippen molar-refractivity contribution < 1.29 is 9.18 Å². The predicted molar refractivity (Wildman–Crippen MR) is 88.9 cm³/mol. The van der Waals surface area contributed by atoms with E-state index in [-0.39, 0.29) is 11.5 Å². The molecule has 2 aromatic rings. The van der Waals surface area contributed by atoms with E-state index < -0.39 is 5.82 Å². The van der Waals surface area contributed by atoms with Gasteiger partial charge in [-0.25, -0.2) is 4.39 Å². The van der Waals surface area contributed by atoms with Gasteiger partial charge in [0.15, 0.2) is 0 Å². The second kappa shape index (κ2) is 7.38. The van der Waals surface area contributed by atoms with Gasteiger partial charge in [0.1, 0.15) is 5.82 Å². The molecule has 0 saturated carbocycles. The minimum atomic E-state index is -0.441. The molecule has 4 heteroatoms. The van der Waals surface area contributed by atoms with Gasteiger partial charge in [-0.3, -0.25) is 9.69 Å². The SMILES string of the molecule is O=C(c1ccccc1F)N1CCN(CCc2ccccc2)CC1. The molecule has 0 aromatic heterocycles. The zero-order chi connectivity index (χ0) is 16.1. The summed E-state index contributed by atoms with van der Waals surface area (Å²) in [7, 11) is 0. The van der Waals surface area contributed by atoms with Crippen molar-refractivity contribution in [2.24, 2.45) is 0 Å². The Morgan fingerprint density at radius 3 is 2.26 bits per heavy atom. The standard InChI is InChI=1S/C19H21FN2O/c20-18-9-5-4-8-17(18)19(23)22-14-12-21(13-15-22)11-10-16-6-2-1-3-7-16/h1-9H,10-15H2. The van der Waals surface area contributed by atoms with Crippen molar-refractivity contribution in [1.29, 1.82) is 0 Å². The molecule has 0 aliphatic carbocycles. The van der Waals surface area contributed by atoms with Crippen LogP contribution < -0.4 is 0 Å². The zero-order valence-corrected chi connectivity index (χ0v) is 13.1. The predicted octanol–water partition coefficient (Wildman–Crippen LogP) is 2.83. The van der Waals surface area contributed by atoms with Gasteiger partial charge in [-0.2, -0.15) is 0 Å². The smallest absolute Gasteiger partial charge is 0.256 e. The molecule has 1 aliphatic rings. The summed E-state index contributed by atoms with van der Waals surface area (Å²) < 4.78 is 13.7. The van der Waals surface area contributed by atoms with Crippen LogP contribution >= 0.6 is 0 Å². The molecular formula is C19H21FN2O. The molecule has 0 bridgehead atoms. The fourth-order valence-electron chi connectivity index (χ4n) is 2.91. The third-order valence-corrected chi connectivity index (χ3v) is 4.32. The van der Waals surface area contributed by atoms with E-state index in [4.69, 9.17) is 0 Å². The Labute approximate surface area is 136 Å². The normalized spacial score (nSPS) is 15.6. The average Bonchev–Trinajstić information content (AvgIpc) is 2.61. The molecule has 0 atom stereocenters. The van der Waals surface area contributed by atoms with Crippen LogP contribution in [-0.4, -0.2) is 48.4 Å². The van der Waals surface area contributed by atoms with E-state index in [0.29, 0.717) is 13.1 Å². The number of benzene rings is 2. The number of hydrogen-bond donors (Lipinski definition) is 0. The van der Waals surface area contributed by atoms with E-state index in [1.54, 1.807) is 23.1 Å². The first-order chi connectivity index (χ1) is 11.2. The molecule has 0 radical (unpaired) electrons. The van der Waals surface area contributed by atoms with Gasteiger partial charge in [0.05, 0.1) is 5.56 Å². The lowest BCUT2D eigenvalue weighted by Crippen LogP contribution is -2.49. The molecule has 1 heterocycles. The van der Waals surface area contributed by atoms with Crippen LogP contribution in [0.1, 0.15) is 15.9 Å². The monoisotopic (exact) mass is 312 g/mol. The highest BCUT2D eigenvalue weighted by atomic mass is 19.1. The maximum Gasteiger partial charge on any atom is 0.256 e. The first-order valence-corrected chi connectivity index (χ1v) is 8.04. The topological polar surface area (TPSA) is 23.6 Å². The van der Waals surface area contributed by atoms with E-state index in [2.05, 4.69) is 29.2 Å². The number of carbonyl (C=O) groups is 1. The summed E-state index contributed by atoms with van der Waals surface area (Å²) >= 11 is 0. The van der Waals surface area contributed by atoms with Gasteiger partial charge in [-0.15, -0.1) is 0 Å². The molecule has 1 aliphatic heterocycles. The molecule has 0 unspecified atom stereocenters. The molecule has 1 saturated heterocycles. The van der Waals surface area contributed by atoms with Crippen molar-refractivity contribution in [2.45, 2.75) is 6.42 Å². The molecule has 1 amide bonds. The molecule has 0 spiro atoms. The lowest BCUT2D eigenvalue weighted by molar-refractivity contribution is 0.0634. The minimum absolute atomic E-state index is 0.172. The first kappa shape index (κ1) is 15.7. The summed E-state index contributed by atoms with van der Waals surface area (Å²) in [6, 6.07) is 16.6. The van der Waals surface area contributed by atoms with Crippen molar-refractivity contribution in [3.63, 3.8) is 0 Å². The summed E-state index contributed by atoms with van der Waals surface area (Å²) in [5.74, 6) is -0.644. The molecule has 23 heavy (non-hydrogen) atoms. The highest BCUT2D eigenvalue weighted by Crippen LogP contribution is 2.12. The lowest BCUT2D eigenvalue weighted by atomic mass is 10.1. The highest BCUT2D eigenvalue weighted by Gasteiger charge is 2.23. The Hall–Kier alpha value is -2.20. The molecule has 2 aromatic carbocycles. The third kappa shape index (κ3) is 3.96. The van der Waals surface area contributed by atoms with E-state index in [0.717, 1.165) is 26.1 Å². The van der Waals surface area contributed by atoms with Gasteiger partial charge < -0.3 is 4.90 Å². The van der Waals surface area contributed by atoms with E-state index in [1.165, 1.54) is 11.6 Å². The maximum absolute atomic E-state index is 13.7. The summed E-state index contributed by atoms with van der Waals surface area (Å²) in [6.07, 6.45) is 1.02. The second-order valence-corrected chi connectivity index (χ2v) is 5.85. The summed E-state index contributed by atoms with van der Waals surface area (Å²) in [6.45, 7) is 3.98. The Balaban J connectivity index is 1.50. The van der Waals surface area contributed by atoms with Crippen LogP contribution in [0.25, 0.3) is 0 Å². The number of amides is 1. The van der Waals surface area contributed by atoms with Crippen LogP contribution in [-0.2, 0) is 6.42 Å². The van der Waals surface area contributed by atoms with Crippen LogP contribution in [0.3, 0.4) is 0 Å². The Kier molecular flexibility index (Phi) is 5.03. The van der Waals surface area contributed by atoms with Crippen molar-refractivity contribution >= 4 is 5.91 Å². The van der Waals surface area contributed by atoms with Gasteiger partial charge in [0, 0.05) is 32.7 Å². The number of rotatable bonds is 4. The quantitative estimate of drug-likeness (QED) is 0.867. The fraction of sp³-hybridized carbons (Fsp3) is 0.316. The Bertz CT molecular complexity index is 651. The van der Waals surface area contributed by atoms with Gasteiger partial charge in [-0.1, -0.05) is 42.5 Å². The molecule has 0 N–H and O–H groups in total. The van der Waals surface area contributed by atoms with Crippen LogP contribution in [0.15, 0.2) is 54.6 Å². The number of carbonyl (C=O) groups excluding carboxylic acids is 1. The second-order valence-electron chi connectivity index (χ2n) is 5.85. The van der Waals surface area contributed by atoms with Crippen molar-refractivity contribution in [2.75, 3.05) is 32.7 Å². The van der Waals surface area contributed by atoms with Crippen molar-refractivity contribution in [3.05, 3.63) is 71.5 Å². The molecule has 120 valence electrons. The van der Waals surface area contributed by atoms with Crippen molar-refractivity contribution in [1.82, 2.24) is 9.80 Å². The zero-order valence-electron chi connectivity index (χ0n) is 13.1. The average molecular weight is 312 g/mol. The third-order valence-electron chi connectivity index (χ3n) is 4.32. The first-order valence-electron chi connectivity index (χ1n) is 8.04. The maximum atomic E-state index is 13.7. The molecule has 3 rings (SSSR count). The van der Waals surface area contributed by atoms with Crippen LogP contribution in [0.4, 0.5) is 4.39 Å². The summed E-state index contributed by atoms with van der Waals surface area (Å²) in [4.78, 5) is 16.5. The van der Waals surface area contributed by atoms with Crippen LogP contribution in [0, 0.1) is 5.82 Å². The van der Waals surface area contributed by atoms with E-state index in [1.807, 2.05) is 6.07 Å². The van der Waals surface area contributed by atoms with Gasteiger partial charge in [0.25, 0.3) is 5.91 Å². The Morgan fingerprint density at radius 1 is 0.913 bits per heavy atom. The highest BCUT2D eigenvalue weighted by molar-refractivity contribution is 5.94. The lowest BCUT2D eigenvalue weighted by Gasteiger charge is -2.34. The Morgan fingerprint density at radius 2 is 1.57 bits per heavy atom. The van der Waals surface area contributed by atoms with Gasteiger partial charge in [0.2, 0.25) is 0 Å². The number of halogens is 1. The molecule has 3 nitrogen and oxygen atoms in total. The number of nitrogens with zero attached hydrogens (tertiary/aromatic N) is 2. The molecular weight excluding hydrogens is 291 g/mol. The minimum Gasteiger partial charge on any atom is -0.336 e. The van der Waals surface area contributed by atoms with Crippen molar-refractivity contribution in [3.8, 4) is 0 Å². The summed E-state index contributed by atoms with van der Waals surface area (Å²) in [5, 5.41) is 0. The van der Waals surface area contributed by atoms with Crippen LogP contribution in [0.5, 0.6) is 0 Å². The number of hydrogen-bond acceptors (Lipinski definition) is 2. The molecule has 1 fully saturated rings. The van der Waals surface area contributed by atoms with E-state index in [9.17, 15) is 9.18 Å². The summed E-state index contributed by atoms with van der Waals surface area (Å²) in [5.41, 5.74) is 1.50. The largest absolute Gasteiger partial charge is 0.336 e. The van der Waals surface area contributed by atoms with Gasteiger partial charge in [-0.05, 0) is 24.1 Å². The van der Waals surface area contributed by atoms with Crippen LogP contribution in [0.2, 0.25) is 0 Å². The number of piperazine rings is 1. The van der Waals surface area contributed by atoms with E-state index >= 15 is 0 Å².